The SMILES string of the molecule is CCCC/C=C\CCCCCCCC(=O)OC(COCCCCCCCCCCCC/C=C\C/C=C\CCCCC)COP(=O)(O)OCCN. The minimum atomic E-state index is -4.27. The molecule has 0 spiro atoms. The second-order valence-corrected chi connectivity index (χ2v) is 14.9. The first kappa shape index (κ1) is 48.7. The first-order valence-corrected chi connectivity index (χ1v) is 22.0. The van der Waals surface area contributed by atoms with Gasteiger partial charge in [-0.1, -0.05) is 147 Å². The summed E-state index contributed by atoms with van der Waals surface area (Å²) >= 11 is 0. The van der Waals surface area contributed by atoms with Crippen LogP contribution < -0.4 is 5.73 Å². The molecule has 2 unspecified atom stereocenters. The maximum Gasteiger partial charge on any atom is 0.472 e. The van der Waals surface area contributed by atoms with Gasteiger partial charge < -0.3 is 20.1 Å². The van der Waals surface area contributed by atoms with Crippen molar-refractivity contribution >= 4 is 13.8 Å². The number of phosphoric ester groups is 1. The highest BCUT2D eigenvalue weighted by atomic mass is 31.2. The van der Waals surface area contributed by atoms with Gasteiger partial charge in [0.05, 0.1) is 19.8 Å². The monoisotopic (exact) mass is 728 g/mol. The Labute approximate surface area is 308 Å². The lowest BCUT2D eigenvalue weighted by Crippen LogP contribution is -2.28. The van der Waals surface area contributed by atoms with E-state index >= 15 is 0 Å². The Balaban J connectivity index is 4.00. The van der Waals surface area contributed by atoms with Gasteiger partial charge in [-0.15, -0.1) is 0 Å². The molecule has 2 atom stereocenters. The third-order valence-electron chi connectivity index (χ3n) is 8.53. The minimum absolute atomic E-state index is 0.0978. The molecule has 0 rings (SSSR count). The molecule has 0 bridgehead atoms. The third kappa shape index (κ3) is 38.0. The summed E-state index contributed by atoms with van der Waals surface area (Å²) in [4.78, 5) is 22.4. The van der Waals surface area contributed by atoms with Crippen molar-refractivity contribution in [2.75, 3.05) is 33.0 Å². The molecule has 0 heterocycles. The zero-order chi connectivity index (χ0) is 36.6. The number of esters is 1. The molecule has 50 heavy (non-hydrogen) atoms. The summed E-state index contributed by atoms with van der Waals surface area (Å²) in [6, 6.07) is 0. The van der Waals surface area contributed by atoms with Gasteiger partial charge in [-0.2, -0.15) is 0 Å². The summed E-state index contributed by atoms with van der Waals surface area (Å²) in [7, 11) is -4.27. The average Bonchev–Trinajstić information content (AvgIpc) is 3.10. The van der Waals surface area contributed by atoms with E-state index in [2.05, 4.69) is 50.3 Å². The molecule has 8 nitrogen and oxygen atoms in total. The van der Waals surface area contributed by atoms with Gasteiger partial charge >= 0.3 is 13.8 Å². The first-order chi connectivity index (χ1) is 24.4. The van der Waals surface area contributed by atoms with Gasteiger partial charge in [0.2, 0.25) is 0 Å². The number of hydrogen-bond acceptors (Lipinski definition) is 7. The van der Waals surface area contributed by atoms with Crippen molar-refractivity contribution in [1.29, 1.82) is 0 Å². The van der Waals surface area contributed by atoms with Crippen LogP contribution in [0.15, 0.2) is 36.5 Å². The summed E-state index contributed by atoms with van der Waals surface area (Å²) in [6.45, 7) is 4.84. The fourth-order valence-electron chi connectivity index (χ4n) is 5.48. The average molecular weight is 728 g/mol. The van der Waals surface area contributed by atoms with E-state index < -0.39 is 13.9 Å². The van der Waals surface area contributed by atoms with Gasteiger partial charge in [-0.25, -0.2) is 4.57 Å². The van der Waals surface area contributed by atoms with Crippen LogP contribution in [0.4, 0.5) is 0 Å². The molecule has 0 aromatic rings. The molecule has 0 fully saturated rings. The molecule has 0 aliphatic carbocycles. The van der Waals surface area contributed by atoms with E-state index in [1.54, 1.807) is 0 Å². The zero-order valence-corrected chi connectivity index (χ0v) is 33.3. The van der Waals surface area contributed by atoms with Crippen LogP contribution in [-0.2, 0) is 27.9 Å². The Kier molecular flexibility index (Phi) is 37.9. The molecule has 0 saturated carbocycles. The number of rotatable bonds is 39. The van der Waals surface area contributed by atoms with Gasteiger partial charge in [-0.05, 0) is 64.2 Å². The Morgan fingerprint density at radius 1 is 0.600 bits per heavy atom. The predicted octanol–water partition coefficient (Wildman–Crippen LogP) is 11.9. The topological polar surface area (TPSA) is 117 Å². The minimum Gasteiger partial charge on any atom is -0.457 e. The second kappa shape index (κ2) is 38.9. The molecule has 0 aliphatic rings. The molecular weight excluding hydrogens is 649 g/mol. The van der Waals surface area contributed by atoms with Crippen LogP contribution in [0.2, 0.25) is 0 Å². The van der Waals surface area contributed by atoms with E-state index in [1.165, 1.54) is 109 Å². The van der Waals surface area contributed by atoms with Gasteiger partial charge in [0.1, 0.15) is 6.10 Å². The number of hydrogen-bond donors (Lipinski definition) is 2. The molecule has 0 aromatic carbocycles. The predicted molar refractivity (Wildman–Crippen MR) is 210 cm³/mol. The summed E-state index contributed by atoms with van der Waals surface area (Å²) in [6.07, 6.45) is 43.0. The molecule has 3 N–H and O–H groups in total. The first-order valence-electron chi connectivity index (χ1n) is 20.5. The normalized spacial score (nSPS) is 13.9. The molecule has 0 radical (unpaired) electrons. The number of carbonyl (C=O) groups is 1. The van der Waals surface area contributed by atoms with Crippen molar-refractivity contribution < 1.29 is 32.8 Å². The largest absolute Gasteiger partial charge is 0.472 e. The van der Waals surface area contributed by atoms with E-state index in [0.717, 1.165) is 51.4 Å². The number of unbranched alkanes of at least 4 members (excludes halogenated alkanes) is 20. The van der Waals surface area contributed by atoms with E-state index in [-0.39, 0.29) is 32.3 Å². The lowest BCUT2D eigenvalue weighted by molar-refractivity contribution is -0.154. The van der Waals surface area contributed by atoms with Gasteiger partial charge in [-0.3, -0.25) is 13.8 Å². The lowest BCUT2D eigenvalue weighted by atomic mass is 10.1. The van der Waals surface area contributed by atoms with E-state index in [0.29, 0.717) is 13.0 Å². The highest BCUT2D eigenvalue weighted by Gasteiger charge is 2.25. The Bertz CT molecular complexity index is 864. The van der Waals surface area contributed by atoms with Gasteiger partial charge in [0.15, 0.2) is 0 Å². The molecule has 0 amide bonds. The van der Waals surface area contributed by atoms with Crippen molar-refractivity contribution in [3.05, 3.63) is 36.5 Å². The second-order valence-electron chi connectivity index (χ2n) is 13.5. The Hall–Kier alpha value is -1.28. The van der Waals surface area contributed by atoms with Crippen molar-refractivity contribution in [3.63, 3.8) is 0 Å². The van der Waals surface area contributed by atoms with Crippen molar-refractivity contribution in [1.82, 2.24) is 0 Å². The maximum absolute atomic E-state index is 12.5. The van der Waals surface area contributed by atoms with Crippen LogP contribution in [0.5, 0.6) is 0 Å². The summed E-state index contributed by atoms with van der Waals surface area (Å²) in [5, 5.41) is 0. The van der Waals surface area contributed by atoms with Gasteiger partial charge in [0.25, 0.3) is 0 Å². The molecule has 294 valence electrons. The zero-order valence-electron chi connectivity index (χ0n) is 32.4. The summed E-state index contributed by atoms with van der Waals surface area (Å²) in [5.41, 5.74) is 5.36. The van der Waals surface area contributed by atoms with E-state index in [9.17, 15) is 14.3 Å². The van der Waals surface area contributed by atoms with E-state index in [1.807, 2.05) is 0 Å². The summed E-state index contributed by atoms with van der Waals surface area (Å²) in [5.74, 6) is -0.343. The summed E-state index contributed by atoms with van der Waals surface area (Å²) < 4.78 is 33.3. The quantitative estimate of drug-likeness (QED) is 0.0278. The Morgan fingerprint density at radius 2 is 1.08 bits per heavy atom. The van der Waals surface area contributed by atoms with Crippen LogP contribution >= 0.6 is 7.82 Å². The fraction of sp³-hybridized carbons (Fsp3) is 0.829. The van der Waals surface area contributed by atoms with E-state index in [4.69, 9.17) is 24.3 Å². The van der Waals surface area contributed by atoms with Crippen LogP contribution in [0, 0.1) is 0 Å². The molecule has 9 heteroatoms. The van der Waals surface area contributed by atoms with Crippen molar-refractivity contribution in [2.45, 2.75) is 187 Å². The number of nitrogens with two attached hydrogens (primary N) is 1. The molecular formula is C41H78NO7P. The maximum atomic E-state index is 12.5. The third-order valence-corrected chi connectivity index (χ3v) is 9.51. The number of allylic oxidation sites excluding steroid dienone is 6. The lowest BCUT2D eigenvalue weighted by Gasteiger charge is -2.20. The standard InChI is InChI=1S/C41H78NO7P/c1-3-5-7-9-11-13-15-16-17-18-19-20-21-22-23-25-27-29-31-33-36-46-38-40(39-48-50(44,45)47-37-35-42)49-41(43)34-32-30-28-26-24-14-12-10-8-6-4-2/h10-13,16-17,40H,3-9,14-15,18-39,42H2,1-2H3,(H,44,45)/b12-10-,13-11-,17-16-. The van der Waals surface area contributed by atoms with Crippen LogP contribution in [-0.4, -0.2) is 49.9 Å². The molecule has 0 aliphatic heterocycles. The van der Waals surface area contributed by atoms with Crippen LogP contribution in [0.25, 0.3) is 0 Å². The fourth-order valence-corrected chi connectivity index (χ4v) is 6.24. The number of carbonyl (C=O) groups excluding carboxylic acids is 1. The molecule has 0 saturated heterocycles. The van der Waals surface area contributed by atoms with Crippen molar-refractivity contribution in [3.8, 4) is 0 Å². The number of phosphoric acid groups is 1. The number of ether oxygens (including phenoxy) is 2. The molecule has 0 aromatic heterocycles. The highest BCUT2D eigenvalue weighted by Crippen LogP contribution is 2.43. The Morgan fingerprint density at radius 3 is 1.64 bits per heavy atom. The highest BCUT2D eigenvalue weighted by molar-refractivity contribution is 7.47. The van der Waals surface area contributed by atoms with Crippen molar-refractivity contribution in [2.24, 2.45) is 5.73 Å². The smallest absolute Gasteiger partial charge is 0.457 e. The van der Waals surface area contributed by atoms with Gasteiger partial charge in [0, 0.05) is 19.6 Å². The van der Waals surface area contributed by atoms with Crippen LogP contribution in [0.1, 0.15) is 181 Å². The van der Waals surface area contributed by atoms with Crippen LogP contribution in [0.3, 0.4) is 0 Å².